The Morgan fingerprint density at radius 3 is 2.70 bits per heavy atom. The zero-order valence-corrected chi connectivity index (χ0v) is 17.9. The Morgan fingerprint density at radius 1 is 1.27 bits per heavy atom. The number of benzene rings is 1. The fourth-order valence-corrected chi connectivity index (χ4v) is 4.02. The number of hydrogen-bond acceptors (Lipinski definition) is 4. The molecule has 5 nitrogen and oxygen atoms in total. The van der Waals surface area contributed by atoms with Crippen LogP contribution in [0.2, 0.25) is 0 Å². The minimum atomic E-state index is -0.606. The molecule has 30 heavy (non-hydrogen) atoms. The van der Waals surface area contributed by atoms with E-state index < -0.39 is 11.6 Å². The lowest BCUT2D eigenvalue weighted by Gasteiger charge is -2.25. The van der Waals surface area contributed by atoms with Gasteiger partial charge in [0.2, 0.25) is 5.91 Å². The van der Waals surface area contributed by atoms with Gasteiger partial charge in [0.25, 0.3) is 0 Å². The van der Waals surface area contributed by atoms with Crippen LogP contribution in [-0.4, -0.2) is 48.5 Å². The molecule has 0 saturated heterocycles. The Morgan fingerprint density at radius 2 is 2.03 bits per heavy atom. The van der Waals surface area contributed by atoms with Crippen LogP contribution in [-0.2, 0) is 16.6 Å². The average molecular weight is 417 g/mol. The van der Waals surface area contributed by atoms with E-state index in [0.717, 1.165) is 30.3 Å². The van der Waals surface area contributed by atoms with Gasteiger partial charge in [0.15, 0.2) is 0 Å². The highest BCUT2D eigenvalue weighted by Gasteiger charge is 2.38. The third kappa shape index (κ3) is 4.84. The van der Waals surface area contributed by atoms with Gasteiger partial charge < -0.3 is 10.6 Å². The maximum Gasteiger partial charge on any atom is 0.241 e. The molecule has 0 radical (unpaired) electrons. The van der Waals surface area contributed by atoms with Gasteiger partial charge in [0.05, 0.1) is 12.2 Å². The smallest absolute Gasteiger partial charge is 0.241 e. The van der Waals surface area contributed by atoms with Gasteiger partial charge in [0, 0.05) is 55.0 Å². The molecule has 7 heteroatoms. The number of rotatable bonds is 8. The molecule has 1 aliphatic heterocycles. The van der Waals surface area contributed by atoms with Crippen molar-refractivity contribution in [1.29, 1.82) is 0 Å². The third-order valence-corrected chi connectivity index (χ3v) is 5.54. The van der Waals surface area contributed by atoms with E-state index in [-0.39, 0.29) is 17.7 Å². The van der Waals surface area contributed by atoms with Crippen molar-refractivity contribution in [3.63, 3.8) is 0 Å². The predicted octanol–water partition coefficient (Wildman–Crippen LogP) is 3.25. The number of anilines is 1. The first-order valence-corrected chi connectivity index (χ1v) is 10.4. The number of nitrogens with zero attached hydrogens (tertiary/aromatic N) is 3. The number of fused-ring (bicyclic) bond motifs is 1. The molecule has 1 amide bonds. The van der Waals surface area contributed by atoms with Gasteiger partial charge in [-0.3, -0.25) is 14.7 Å². The SMILES string of the molecule is CCCN(CCN)CC(=O)N1CC(C)(C)c2cnc(Cc3ccc(F)cc3F)cc21. The molecule has 0 atom stereocenters. The van der Waals surface area contributed by atoms with E-state index in [1.165, 1.54) is 12.1 Å². The van der Waals surface area contributed by atoms with Crippen LogP contribution in [0.3, 0.4) is 0 Å². The maximum atomic E-state index is 14.1. The van der Waals surface area contributed by atoms with Gasteiger partial charge in [-0.25, -0.2) is 8.78 Å². The van der Waals surface area contributed by atoms with Crippen molar-refractivity contribution in [2.45, 2.75) is 39.0 Å². The van der Waals surface area contributed by atoms with E-state index in [4.69, 9.17) is 5.73 Å². The Balaban J connectivity index is 1.86. The van der Waals surface area contributed by atoms with Crippen molar-refractivity contribution in [3.05, 3.63) is 58.9 Å². The number of hydrogen-bond donors (Lipinski definition) is 1. The van der Waals surface area contributed by atoms with Gasteiger partial charge in [0.1, 0.15) is 11.6 Å². The normalized spacial score (nSPS) is 15.0. The second kappa shape index (κ2) is 9.18. The van der Waals surface area contributed by atoms with Crippen molar-refractivity contribution in [2.24, 2.45) is 5.73 Å². The summed E-state index contributed by atoms with van der Waals surface area (Å²) >= 11 is 0. The Kier molecular flexibility index (Phi) is 6.83. The van der Waals surface area contributed by atoms with Crippen LogP contribution in [0.5, 0.6) is 0 Å². The molecule has 0 aliphatic carbocycles. The average Bonchev–Trinajstić information content (AvgIpc) is 2.95. The van der Waals surface area contributed by atoms with Crippen molar-refractivity contribution < 1.29 is 13.6 Å². The van der Waals surface area contributed by atoms with Crippen LogP contribution in [0.1, 0.15) is 44.0 Å². The molecular weight excluding hydrogens is 386 g/mol. The molecule has 2 N–H and O–H groups in total. The van der Waals surface area contributed by atoms with Crippen LogP contribution >= 0.6 is 0 Å². The summed E-state index contributed by atoms with van der Waals surface area (Å²) in [6, 6.07) is 5.41. The van der Waals surface area contributed by atoms with Gasteiger partial charge in [-0.2, -0.15) is 0 Å². The lowest BCUT2D eigenvalue weighted by molar-refractivity contribution is -0.119. The summed E-state index contributed by atoms with van der Waals surface area (Å²) in [6.45, 7) is 9.13. The number of nitrogens with two attached hydrogens (primary N) is 1. The molecule has 0 unspecified atom stereocenters. The zero-order valence-electron chi connectivity index (χ0n) is 17.9. The molecular formula is C23H30F2N4O. The highest BCUT2D eigenvalue weighted by atomic mass is 19.1. The summed E-state index contributed by atoms with van der Waals surface area (Å²) < 4.78 is 27.3. The number of pyridine rings is 1. The molecule has 3 rings (SSSR count). The predicted molar refractivity (Wildman–Crippen MR) is 115 cm³/mol. The molecule has 0 spiro atoms. The molecule has 1 aromatic carbocycles. The molecule has 1 aliphatic rings. The summed E-state index contributed by atoms with van der Waals surface area (Å²) in [5.41, 5.74) is 8.31. The van der Waals surface area contributed by atoms with E-state index in [9.17, 15) is 13.6 Å². The van der Waals surface area contributed by atoms with E-state index in [0.29, 0.717) is 37.4 Å². The van der Waals surface area contributed by atoms with Crippen LogP contribution in [0.15, 0.2) is 30.5 Å². The minimum Gasteiger partial charge on any atom is -0.329 e. The highest BCUT2D eigenvalue weighted by molar-refractivity contribution is 5.97. The molecule has 162 valence electrons. The van der Waals surface area contributed by atoms with E-state index in [1.807, 2.05) is 6.07 Å². The standard InChI is InChI=1S/C23H30F2N4O/c1-4-8-28(9-7-26)14-22(30)29-15-23(2,3)19-13-27-18(12-21(19)29)10-16-5-6-17(24)11-20(16)25/h5-6,11-13H,4,7-10,14-15,26H2,1-3H3. The van der Waals surface area contributed by atoms with Gasteiger partial charge in [-0.15, -0.1) is 0 Å². The largest absolute Gasteiger partial charge is 0.329 e. The summed E-state index contributed by atoms with van der Waals surface area (Å²) in [5.74, 6) is -1.18. The monoisotopic (exact) mass is 416 g/mol. The van der Waals surface area contributed by atoms with Crippen molar-refractivity contribution in [2.75, 3.05) is 37.6 Å². The zero-order chi connectivity index (χ0) is 21.9. The summed E-state index contributed by atoms with van der Waals surface area (Å²) in [4.78, 5) is 21.5. The third-order valence-electron chi connectivity index (χ3n) is 5.54. The van der Waals surface area contributed by atoms with Crippen molar-refractivity contribution >= 4 is 11.6 Å². The second-order valence-corrected chi connectivity index (χ2v) is 8.53. The molecule has 0 bridgehead atoms. The van der Waals surface area contributed by atoms with Crippen molar-refractivity contribution in [3.8, 4) is 0 Å². The van der Waals surface area contributed by atoms with Crippen LogP contribution in [0.25, 0.3) is 0 Å². The lowest BCUT2D eigenvalue weighted by Crippen LogP contribution is -2.43. The van der Waals surface area contributed by atoms with E-state index >= 15 is 0 Å². The Labute approximate surface area is 176 Å². The Bertz CT molecular complexity index is 910. The summed E-state index contributed by atoms with van der Waals surface area (Å²) in [5, 5.41) is 0. The second-order valence-electron chi connectivity index (χ2n) is 8.53. The molecule has 2 heterocycles. The first-order valence-electron chi connectivity index (χ1n) is 10.4. The fraction of sp³-hybridized carbons (Fsp3) is 0.478. The van der Waals surface area contributed by atoms with Gasteiger partial charge in [-0.1, -0.05) is 26.8 Å². The highest BCUT2D eigenvalue weighted by Crippen LogP contribution is 2.40. The van der Waals surface area contributed by atoms with Crippen LogP contribution in [0.4, 0.5) is 14.5 Å². The summed E-state index contributed by atoms with van der Waals surface area (Å²) in [6.07, 6.45) is 2.96. The van der Waals surface area contributed by atoms with Gasteiger partial charge >= 0.3 is 0 Å². The number of carbonyl (C=O) groups excluding carboxylic acids is 1. The quantitative estimate of drug-likeness (QED) is 0.718. The first kappa shape index (κ1) is 22.3. The molecule has 0 saturated carbocycles. The van der Waals surface area contributed by atoms with Gasteiger partial charge in [-0.05, 0) is 30.7 Å². The maximum absolute atomic E-state index is 14.1. The lowest BCUT2D eigenvalue weighted by atomic mass is 9.88. The number of aromatic nitrogens is 1. The Hall–Kier alpha value is -2.38. The molecule has 2 aromatic rings. The molecule has 0 fully saturated rings. The topological polar surface area (TPSA) is 62.5 Å². The fourth-order valence-electron chi connectivity index (χ4n) is 4.02. The first-order chi connectivity index (χ1) is 14.2. The van der Waals surface area contributed by atoms with Crippen LogP contribution < -0.4 is 10.6 Å². The van der Waals surface area contributed by atoms with Crippen molar-refractivity contribution in [1.82, 2.24) is 9.88 Å². The number of carbonyl (C=O) groups is 1. The molecule has 1 aromatic heterocycles. The minimum absolute atomic E-state index is 0.0221. The summed E-state index contributed by atoms with van der Waals surface area (Å²) in [7, 11) is 0. The number of halogens is 2. The van der Waals surface area contributed by atoms with Crippen LogP contribution in [0, 0.1) is 11.6 Å². The van der Waals surface area contributed by atoms with E-state index in [2.05, 4.69) is 30.7 Å². The van der Waals surface area contributed by atoms with E-state index in [1.54, 1.807) is 11.1 Å². The number of amides is 1.